The molecule has 5 heteroatoms. The van der Waals surface area contributed by atoms with Crippen LogP contribution in [0.3, 0.4) is 0 Å². The van der Waals surface area contributed by atoms with Crippen LogP contribution in [0.1, 0.15) is 13.3 Å². The number of aldehydes is 2. The molecule has 1 unspecified atom stereocenters. The van der Waals surface area contributed by atoms with E-state index < -0.39 is 17.5 Å². The van der Waals surface area contributed by atoms with Crippen molar-refractivity contribution in [3.05, 3.63) is 0 Å². The predicted molar refractivity (Wildman–Crippen MR) is 35.9 cm³/mol. The minimum absolute atomic E-state index is 0. The Morgan fingerprint density at radius 3 is 2.08 bits per heavy atom. The normalized spacial score (nSPS) is 10.8. The van der Waals surface area contributed by atoms with Gasteiger partial charge in [-0.3, -0.25) is 9.59 Å². The maximum absolute atomic E-state index is 10.7. The first-order valence-corrected chi connectivity index (χ1v) is 3.05. The molecule has 0 aromatic rings. The Morgan fingerprint density at radius 1 is 1.33 bits per heavy atom. The number of carbonyl (C=O) groups excluding carboxylic acids is 4. The van der Waals surface area contributed by atoms with Gasteiger partial charge in [0.15, 0.2) is 5.78 Å². The summed E-state index contributed by atoms with van der Waals surface area (Å²) in [6.07, 6.45) is 0.263. The summed E-state index contributed by atoms with van der Waals surface area (Å²) in [4.78, 5) is 41.2. The van der Waals surface area contributed by atoms with Crippen LogP contribution in [0.2, 0.25) is 0 Å². The van der Waals surface area contributed by atoms with Crippen molar-refractivity contribution in [3.63, 3.8) is 0 Å². The number of hydrogen-bond acceptors (Lipinski definition) is 4. The standard InChI is InChI=1S/C7H8O4.Rh/c1-5(10)6(4-9)7(11)2-3-8;/h3-4,6H,2H2,1H3;. The molecule has 0 saturated carbocycles. The maximum Gasteiger partial charge on any atom is 0.157 e. The van der Waals surface area contributed by atoms with E-state index in [4.69, 9.17) is 0 Å². The summed E-state index contributed by atoms with van der Waals surface area (Å²) in [5.74, 6) is -2.41. The second-order valence-electron chi connectivity index (χ2n) is 2.06. The second kappa shape index (κ2) is 6.98. The fourth-order valence-corrected chi connectivity index (χ4v) is 0.608. The average Bonchev–Trinajstić information content (AvgIpc) is 1.88. The molecule has 0 amide bonds. The zero-order chi connectivity index (χ0) is 8.85. The average molecular weight is 259 g/mol. The molecule has 4 nitrogen and oxygen atoms in total. The molecule has 0 aliphatic heterocycles. The van der Waals surface area contributed by atoms with Gasteiger partial charge in [0.1, 0.15) is 24.3 Å². The summed E-state index contributed by atoms with van der Waals surface area (Å²) in [6, 6.07) is 0. The first kappa shape index (κ1) is 13.9. The van der Waals surface area contributed by atoms with Crippen molar-refractivity contribution in [1.29, 1.82) is 0 Å². The van der Waals surface area contributed by atoms with Gasteiger partial charge in [-0.05, 0) is 6.92 Å². The molecule has 0 fully saturated rings. The molecule has 69 valence electrons. The summed E-state index contributed by atoms with van der Waals surface area (Å²) in [5.41, 5.74) is 0. The van der Waals surface area contributed by atoms with Gasteiger partial charge >= 0.3 is 0 Å². The molecule has 0 N–H and O–H groups in total. The Balaban J connectivity index is 0. The Bertz CT molecular complexity index is 200. The number of rotatable bonds is 5. The molecule has 0 spiro atoms. The monoisotopic (exact) mass is 259 g/mol. The minimum atomic E-state index is -1.25. The second-order valence-corrected chi connectivity index (χ2v) is 2.06. The van der Waals surface area contributed by atoms with E-state index in [2.05, 4.69) is 0 Å². The molecule has 0 aromatic carbocycles. The van der Waals surface area contributed by atoms with Crippen molar-refractivity contribution in [1.82, 2.24) is 0 Å². The molecule has 0 rings (SSSR count). The number of carbonyl (C=O) groups is 4. The summed E-state index contributed by atoms with van der Waals surface area (Å²) in [7, 11) is 0. The Labute approximate surface area is 82.5 Å². The smallest absolute Gasteiger partial charge is 0.157 e. The van der Waals surface area contributed by atoms with Gasteiger partial charge in [0, 0.05) is 19.5 Å². The quantitative estimate of drug-likeness (QED) is 0.381. The number of hydrogen-bond donors (Lipinski definition) is 0. The molecule has 0 saturated heterocycles. The molecule has 0 heterocycles. The summed E-state index contributed by atoms with van der Waals surface area (Å²) in [6.45, 7) is 1.14. The summed E-state index contributed by atoms with van der Waals surface area (Å²) in [5, 5.41) is 0. The number of Topliss-reactive ketones (excluding diaryl/α,β-unsaturated/α-hetero) is 2. The van der Waals surface area contributed by atoms with Crippen LogP contribution < -0.4 is 0 Å². The fraction of sp³-hybridized carbons (Fsp3) is 0.429. The molecule has 12 heavy (non-hydrogen) atoms. The maximum atomic E-state index is 10.7. The van der Waals surface area contributed by atoms with E-state index in [-0.39, 0.29) is 32.2 Å². The van der Waals surface area contributed by atoms with Gasteiger partial charge in [-0.25, -0.2) is 0 Å². The topological polar surface area (TPSA) is 68.3 Å². The third-order valence-corrected chi connectivity index (χ3v) is 1.21. The number of ketones is 2. The van der Waals surface area contributed by atoms with E-state index in [1.165, 1.54) is 0 Å². The zero-order valence-corrected chi connectivity index (χ0v) is 8.04. The zero-order valence-electron chi connectivity index (χ0n) is 6.41. The van der Waals surface area contributed by atoms with Crippen molar-refractivity contribution < 1.29 is 38.7 Å². The minimum Gasteiger partial charge on any atom is -0.303 e. The van der Waals surface area contributed by atoms with Crippen molar-refractivity contribution in [2.24, 2.45) is 5.92 Å². The Hall–Kier alpha value is -0.697. The molecular weight excluding hydrogens is 251 g/mol. The summed E-state index contributed by atoms with van der Waals surface area (Å²) >= 11 is 0. The molecule has 0 bridgehead atoms. The molecular formula is C7H8O4Rh. The van der Waals surface area contributed by atoms with Crippen LogP contribution in [0.15, 0.2) is 0 Å². The molecule has 0 aromatic heterocycles. The van der Waals surface area contributed by atoms with Crippen molar-refractivity contribution in [3.8, 4) is 0 Å². The van der Waals surface area contributed by atoms with E-state index in [1.807, 2.05) is 0 Å². The third-order valence-electron chi connectivity index (χ3n) is 1.21. The van der Waals surface area contributed by atoms with Gasteiger partial charge in [-0.15, -0.1) is 0 Å². The van der Waals surface area contributed by atoms with Gasteiger partial charge in [0.2, 0.25) is 0 Å². The van der Waals surface area contributed by atoms with E-state index in [0.717, 1.165) is 6.92 Å². The van der Waals surface area contributed by atoms with Crippen LogP contribution >= 0.6 is 0 Å². The Kier molecular flexibility index (Phi) is 8.06. The van der Waals surface area contributed by atoms with Gasteiger partial charge in [0.05, 0.1) is 6.42 Å². The van der Waals surface area contributed by atoms with Crippen LogP contribution in [0, 0.1) is 5.92 Å². The SMILES string of the molecule is CC(=O)C(C=O)C(=O)CC=O.[Rh]. The van der Waals surface area contributed by atoms with Crippen LogP contribution in [0.25, 0.3) is 0 Å². The van der Waals surface area contributed by atoms with Crippen LogP contribution in [-0.4, -0.2) is 24.1 Å². The van der Waals surface area contributed by atoms with E-state index >= 15 is 0 Å². The third kappa shape index (κ3) is 4.24. The van der Waals surface area contributed by atoms with Crippen LogP contribution in [0.4, 0.5) is 0 Å². The molecule has 0 aliphatic rings. The van der Waals surface area contributed by atoms with Gasteiger partial charge in [-0.2, -0.15) is 0 Å². The predicted octanol–water partition coefficient (Wildman–Crippen LogP) is -0.454. The fourth-order valence-electron chi connectivity index (χ4n) is 0.608. The first-order chi connectivity index (χ1) is 5.13. The van der Waals surface area contributed by atoms with Crippen molar-refractivity contribution >= 4 is 24.1 Å². The largest absolute Gasteiger partial charge is 0.303 e. The molecule has 0 aliphatic carbocycles. The van der Waals surface area contributed by atoms with E-state index in [0.29, 0.717) is 6.29 Å². The van der Waals surface area contributed by atoms with E-state index in [9.17, 15) is 19.2 Å². The van der Waals surface area contributed by atoms with Crippen molar-refractivity contribution in [2.75, 3.05) is 0 Å². The molecule has 1 radical (unpaired) electrons. The van der Waals surface area contributed by atoms with Gasteiger partial charge in [-0.1, -0.05) is 0 Å². The first-order valence-electron chi connectivity index (χ1n) is 3.05. The van der Waals surface area contributed by atoms with Crippen LogP contribution in [0.5, 0.6) is 0 Å². The molecule has 1 atom stereocenters. The van der Waals surface area contributed by atoms with E-state index in [1.54, 1.807) is 0 Å². The summed E-state index contributed by atoms with van der Waals surface area (Å²) < 4.78 is 0. The van der Waals surface area contributed by atoms with Gasteiger partial charge in [0.25, 0.3) is 0 Å². The Morgan fingerprint density at radius 2 is 1.83 bits per heavy atom. The van der Waals surface area contributed by atoms with Gasteiger partial charge < -0.3 is 9.59 Å². The van der Waals surface area contributed by atoms with Crippen molar-refractivity contribution in [2.45, 2.75) is 13.3 Å². The van der Waals surface area contributed by atoms with Crippen LogP contribution in [-0.2, 0) is 38.7 Å².